The van der Waals surface area contributed by atoms with E-state index in [1.54, 1.807) is 7.11 Å². The molecule has 0 fully saturated rings. The van der Waals surface area contributed by atoms with Crippen LogP contribution in [0.15, 0.2) is 36.4 Å². The Bertz CT molecular complexity index is 826. The van der Waals surface area contributed by atoms with Gasteiger partial charge in [-0.3, -0.25) is 4.79 Å². The maximum absolute atomic E-state index is 12.7. The number of methoxy groups -OCH3 is 1. The van der Waals surface area contributed by atoms with E-state index in [1.165, 1.54) is 11.1 Å². The van der Waals surface area contributed by atoms with Gasteiger partial charge in [-0.05, 0) is 62.6 Å². The molecule has 138 valence electrons. The van der Waals surface area contributed by atoms with Crippen LogP contribution < -0.4 is 14.8 Å². The lowest BCUT2D eigenvalue weighted by atomic mass is 9.89. The molecule has 0 aliphatic carbocycles. The largest absolute Gasteiger partial charge is 0.497 e. The predicted octanol–water partition coefficient (Wildman–Crippen LogP) is 4.27. The maximum Gasteiger partial charge on any atom is 0.224 e. The first kappa shape index (κ1) is 18.3. The maximum atomic E-state index is 12.7. The Balaban J connectivity index is 1.79. The van der Waals surface area contributed by atoms with Crippen molar-refractivity contribution in [2.75, 3.05) is 7.11 Å². The monoisotopic (exact) mass is 353 g/mol. The van der Waals surface area contributed by atoms with E-state index in [0.717, 1.165) is 22.6 Å². The van der Waals surface area contributed by atoms with Crippen LogP contribution in [0.25, 0.3) is 0 Å². The summed E-state index contributed by atoms with van der Waals surface area (Å²) in [5, 5.41) is 3.19. The molecule has 0 saturated heterocycles. The number of carbonyl (C=O) groups is 1. The molecule has 0 saturated carbocycles. The Hall–Kier alpha value is -2.49. The number of rotatable bonds is 4. The Labute approximate surface area is 155 Å². The molecule has 0 spiro atoms. The molecule has 3 rings (SSSR count). The van der Waals surface area contributed by atoms with Crippen LogP contribution in [0.1, 0.15) is 48.6 Å². The summed E-state index contributed by atoms with van der Waals surface area (Å²) < 4.78 is 11.4. The van der Waals surface area contributed by atoms with E-state index in [9.17, 15) is 4.79 Å². The molecule has 2 aromatic carbocycles. The summed E-state index contributed by atoms with van der Waals surface area (Å²) in [6.07, 6.45) is 1.09. The van der Waals surface area contributed by atoms with Gasteiger partial charge in [0, 0.05) is 12.0 Å². The number of aryl methyl sites for hydroxylation is 2. The minimum absolute atomic E-state index is 0.0183. The Kier molecular flexibility index (Phi) is 4.94. The number of carbonyl (C=O) groups excluding carboxylic acids is 1. The van der Waals surface area contributed by atoms with E-state index < -0.39 is 0 Å². The van der Waals surface area contributed by atoms with Gasteiger partial charge in [0.25, 0.3) is 0 Å². The first-order valence-corrected chi connectivity index (χ1v) is 9.00. The van der Waals surface area contributed by atoms with Crippen LogP contribution in [-0.4, -0.2) is 18.6 Å². The lowest BCUT2D eigenvalue weighted by Crippen LogP contribution is -2.41. The van der Waals surface area contributed by atoms with Crippen molar-refractivity contribution >= 4 is 5.91 Å². The van der Waals surface area contributed by atoms with Gasteiger partial charge in [-0.25, -0.2) is 0 Å². The molecule has 2 aromatic rings. The zero-order valence-electron chi connectivity index (χ0n) is 16.2. The zero-order chi connectivity index (χ0) is 18.9. The van der Waals surface area contributed by atoms with E-state index >= 15 is 0 Å². The molecule has 0 aromatic heterocycles. The summed E-state index contributed by atoms with van der Waals surface area (Å²) in [6, 6.07) is 11.8. The molecule has 4 heteroatoms. The average Bonchev–Trinajstić information content (AvgIpc) is 2.57. The zero-order valence-corrected chi connectivity index (χ0v) is 16.2. The third-order valence-corrected chi connectivity index (χ3v) is 4.95. The lowest BCUT2D eigenvalue weighted by molar-refractivity contribution is -0.121. The number of amides is 1. The third kappa shape index (κ3) is 4.01. The average molecular weight is 353 g/mol. The SMILES string of the molecule is COc1ccc2c(c1)[C@@H](NC(=O)Cc1ccc(C)c(C)c1)CC(C)(C)O2. The highest BCUT2D eigenvalue weighted by molar-refractivity contribution is 5.79. The van der Waals surface area contributed by atoms with Crippen molar-refractivity contribution in [1.29, 1.82) is 0 Å². The Morgan fingerprint density at radius 2 is 1.96 bits per heavy atom. The van der Waals surface area contributed by atoms with Gasteiger partial charge in [0.2, 0.25) is 5.91 Å². The highest BCUT2D eigenvalue weighted by Crippen LogP contribution is 2.41. The molecule has 1 N–H and O–H groups in total. The number of ether oxygens (including phenoxy) is 2. The van der Waals surface area contributed by atoms with Crippen molar-refractivity contribution < 1.29 is 14.3 Å². The second-order valence-corrected chi connectivity index (χ2v) is 7.69. The van der Waals surface area contributed by atoms with E-state index in [-0.39, 0.29) is 17.6 Å². The Morgan fingerprint density at radius 1 is 1.19 bits per heavy atom. The van der Waals surface area contributed by atoms with Crippen molar-refractivity contribution in [3.05, 3.63) is 58.7 Å². The molecule has 4 nitrogen and oxygen atoms in total. The second kappa shape index (κ2) is 7.02. The summed E-state index contributed by atoms with van der Waals surface area (Å²) in [6.45, 7) is 8.24. The van der Waals surface area contributed by atoms with Crippen molar-refractivity contribution in [1.82, 2.24) is 5.32 Å². The number of hydrogen-bond donors (Lipinski definition) is 1. The molecule has 1 amide bonds. The highest BCUT2D eigenvalue weighted by atomic mass is 16.5. The number of fused-ring (bicyclic) bond motifs is 1. The molecule has 1 heterocycles. The molecule has 0 unspecified atom stereocenters. The first-order chi connectivity index (χ1) is 12.3. The lowest BCUT2D eigenvalue weighted by Gasteiger charge is -2.38. The van der Waals surface area contributed by atoms with Gasteiger partial charge in [0.1, 0.15) is 17.1 Å². The van der Waals surface area contributed by atoms with Gasteiger partial charge in [0.05, 0.1) is 19.6 Å². The van der Waals surface area contributed by atoms with E-state index in [0.29, 0.717) is 12.8 Å². The standard InChI is InChI=1S/C22H27NO3/c1-14-6-7-16(10-15(14)2)11-21(24)23-19-13-22(3,4)26-20-9-8-17(25-5)12-18(19)20/h6-10,12,19H,11,13H2,1-5H3,(H,23,24)/t19-/m0/s1. The summed E-state index contributed by atoms with van der Waals surface area (Å²) in [5.74, 6) is 1.59. The quantitative estimate of drug-likeness (QED) is 0.893. The van der Waals surface area contributed by atoms with Crippen LogP contribution >= 0.6 is 0 Å². The van der Waals surface area contributed by atoms with Gasteiger partial charge < -0.3 is 14.8 Å². The Morgan fingerprint density at radius 3 is 2.65 bits per heavy atom. The summed E-state index contributed by atoms with van der Waals surface area (Å²) in [7, 11) is 1.64. The normalized spacial score (nSPS) is 17.8. The third-order valence-electron chi connectivity index (χ3n) is 4.95. The van der Waals surface area contributed by atoms with Crippen molar-refractivity contribution in [2.45, 2.75) is 52.2 Å². The van der Waals surface area contributed by atoms with E-state index in [4.69, 9.17) is 9.47 Å². The van der Waals surface area contributed by atoms with Gasteiger partial charge in [-0.1, -0.05) is 18.2 Å². The molecule has 1 atom stereocenters. The molecular weight excluding hydrogens is 326 g/mol. The molecule has 1 aliphatic heterocycles. The molecular formula is C22H27NO3. The highest BCUT2D eigenvalue weighted by Gasteiger charge is 2.34. The van der Waals surface area contributed by atoms with Crippen LogP contribution in [0.5, 0.6) is 11.5 Å². The van der Waals surface area contributed by atoms with Crippen LogP contribution in [0, 0.1) is 13.8 Å². The number of benzene rings is 2. The predicted molar refractivity (Wildman–Crippen MR) is 103 cm³/mol. The van der Waals surface area contributed by atoms with Gasteiger partial charge in [-0.2, -0.15) is 0 Å². The minimum Gasteiger partial charge on any atom is -0.497 e. The van der Waals surface area contributed by atoms with Crippen LogP contribution in [0.3, 0.4) is 0 Å². The summed E-state index contributed by atoms with van der Waals surface area (Å²) in [4.78, 5) is 12.7. The molecule has 0 bridgehead atoms. The summed E-state index contributed by atoms with van der Waals surface area (Å²) >= 11 is 0. The van der Waals surface area contributed by atoms with Crippen LogP contribution in [0.2, 0.25) is 0 Å². The van der Waals surface area contributed by atoms with Gasteiger partial charge >= 0.3 is 0 Å². The van der Waals surface area contributed by atoms with Gasteiger partial charge in [0.15, 0.2) is 0 Å². The second-order valence-electron chi connectivity index (χ2n) is 7.69. The molecule has 0 radical (unpaired) electrons. The minimum atomic E-state index is -0.333. The molecule has 1 aliphatic rings. The van der Waals surface area contributed by atoms with Crippen LogP contribution in [0.4, 0.5) is 0 Å². The smallest absolute Gasteiger partial charge is 0.224 e. The van der Waals surface area contributed by atoms with Crippen molar-refractivity contribution in [2.24, 2.45) is 0 Å². The summed E-state index contributed by atoms with van der Waals surface area (Å²) in [5.41, 5.74) is 4.11. The van der Waals surface area contributed by atoms with E-state index in [2.05, 4.69) is 31.3 Å². The fourth-order valence-corrected chi connectivity index (χ4v) is 3.43. The van der Waals surface area contributed by atoms with Gasteiger partial charge in [-0.15, -0.1) is 0 Å². The molecule has 26 heavy (non-hydrogen) atoms. The topological polar surface area (TPSA) is 47.6 Å². The van der Waals surface area contributed by atoms with Crippen LogP contribution in [-0.2, 0) is 11.2 Å². The number of nitrogens with one attached hydrogen (secondary N) is 1. The fraction of sp³-hybridized carbons (Fsp3) is 0.409. The van der Waals surface area contributed by atoms with Crippen molar-refractivity contribution in [3.63, 3.8) is 0 Å². The van der Waals surface area contributed by atoms with Crippen molar-refractivity contribution in [3.8, 4) is 11.5 Å². The van der Waals surface area contributed by atoms with E-state index in [1.807, 2.05) is 38.1 Å². The first-order valence-electron chi connectivity index (χ1n) is 9.00. The number of hydrogen-bond acceptors (Lipinski definition) is 3. The fourth-order valence-electron chi connectivity index (χ4n) is 3.43.